The highest BCUT2D eigenvalue weighted by Gasteiger charge is 2.79. The van der Waals surface area contributed by atoms with E-state index >= 15 is 8.78 Å². The molecule has 5 aliphatic carbocycles. The molecule has 2 saturated carbocycles. The van der Waals surface area contributed by atoms with E-state index in [1.165, 1.54) is 25.1 Å². The Balaban J connectivity index is 1.41. The number of aliphatic hydroxyl groups is 1. The van der Waals surface area contributed by atoms with E-state index in [-0.39, 0.29) is 47.2 Å². The van der Waals surface area contributed by atoms with Gasteiger partial charge in [0.1, 0.15) is 5.60 Å². The molecule has 0 amide bonds. The molecule has 0 radical (unpaired) electrons. The summed E-state index contributed by atoms with van der Waals surface area (Å²) in [6.07, 6.45) is 1.45. The molecule has 13 heteroatoms. The average molecular weight is 699 g/mol. The van der Waals surface area contributed by atoms with Crippen molar-refractivity contribution in [3.63, 3.8) is 0 Å². The summed E-state index contributed by atoms with van der Waals surface area (Å²) < 4.78 is 115. The third-order valence-corrected chi connectivity index (χ3v) is 14.5. The number of hydrogen-bond acceptors (Lipinski definition) is 6. The molecule has 1 N–H and O–H groups in total. The van der Waals surface area contributed by atoms with Crippen LogP contribution in [0.1, 0.15) is 70.8 Å². The number of halogens is 5. The van der Waals surface area contributed by atoms with Gasteiger partial charge in [-0.2, -0.15) is 22.0 Å². The fourth-order valence-electron chi connectivity index (χ4n) is 9.01. The van der Waals surface area contributed by atoms with Crippen molar-refractivity contribution >= 4 is 26.4 Å². The van der Waals surface area contributed by atoms with E-state index in [2.05, 4.69) is 3.77 Å². The van der Waals surface area contributed by atoms with Crippen molar-refractivity contribution in [2.24, 2.45) is 32.4 Å². The average Bonchev–Trinajstić information content (AvgIpc) is 3.27. The molecule has 0 heterocycles. The van der Waals surface area contributed by atoms with Gasteiger partial charge in [-0.25, -0.2) is 8.42 Å². The van der Waals surface area contributed by atoms with Gasteiger partial charge < -0.3 is 9.32 Å². The monoisotopic (exact) mass is 698 g/mol. The first-order valence-corrected chi connectivity index (χ1v) is 18.3. The van der Waals surface area contributed by atoms with Crippen LogP contribution in [0.2, 0.25) is 0 Å². The van der Waals surface area contributed by atoms with Crippen molar-refractivity contribution in [2.45, 2.75) is 94.7 Å². The molecule has 0 aliphatic heterocycles. The summed E-state index contributed by atoms with van der Waals surface area (Å²) in [5.74, 6) is -6.93. The van der Waals surface area contributed by atoms with Crippen LogP contribution in [0.25, 0.3) is 0 Å². The van der Waals surface area contributed by atoms with Crippen molar-refractivity contribution in [3.05, 3.63) is 75.8 Å². The SMILES string of the molecule is Cc1ccc(S(=O)(=O)N=[S-](=O)C2=CCC(C)([C@H]3C[C@@]4(C)C(CC[C@@]4(O)C(F)(F)C(F)(F)F)C4CCC5=CC(=O)CCC5=C43)C=C2)cc1. The van der Waals surface area contributed by atoms with Gasteiger partial charge in [0.25, 0.3) is 10.0 Å². The third-order valence-electron chi connectivity index (χ3n) is 11.6. The lowest BCUT2D eigenvalue weighted by Gasteiger charge is -2.58. The summed E-state index contributed by atoms with van der Waals surface area (Å²) in [6.45, 7) is 5.01. The van der Waals surface area contributed by atoms with Gasteiger partial charge in [-0.1, -0.05) is 55.3 Å². The van der Waals surface area contributed by atoms with E-state index in [1.54, 1.807) is 37.3 Å². The van der Waals surface area contributed by atoms with E-state index in [4.69, 9.17) is 0 Å². The number of carbonyl (C=O) groups is 1. The Morgan fingerprint density at radius 1 is 1.02 bits per heavy atom. The highest BCUT2D eigenvalue weighted by molar-refractivity contribution is 7.97. The van der Waals surface area contributed by atoms with Crippen LogP contribution in [0.3, 0.4) is 0 Å². The summed E-state index contributed by atoms with van der Waals surface area (Å²) in [4.78, 5) is 12.3. The summed E-state index contributed by atoms with van der Waals surface area (Å²) in [5, 5.41) is 11.5. The van der Waals surface area contributed by atoms with Gasteiger partial charge >= 0.3 is 12.1 Å². The lowest BCUT2D eigenvalue weighted by molar-refractivity contribution is -0.363. The van der Waals surface area contributed by atoms with Gasteiger partial charge in [0.15, 0.2) is 5.78 Å². The molecule has 0 spiro atoms. The minimum absolute atomic E-state index is 0.0109. The molecule has 0 bridgehead atoms. The number of nitrogens with zero attached hydrogens (tertiary/aromatic N) is 1. The van der Waals surface area contributed by atoms with Gasteiger partial charge in [0, 0.05) is 11.8 Å². The molecule has 6 nitrogen and oxygen atoms in total. The third kappa shape index (κ3) is 5.29. The predicted molar refractivity (Wildman–Crippen MR) is 166 cm³/mol. The number of aryl methyl sites for hydroxylation is 1. The number of allylic oxidation sites excluding steroid dienone is 7. The fourth-order valence-corrected chi connectivity index (χ4v) is 11.3. The number of fused-ring (bicyclic) bond motifs is 4. The second kappa shape index (κ2) is 11.2. The number of hydrogen-bond donors (Lipinski definition) is 1. The number of alkyl halides is 5. The Bertz CT molecular complexity index is 1840. The molecule has 6 rings (SSSR count). The normalized spacial score (nSPS) is 35.2. The molecule has 47 heavy (non-hydrogen) atoms. The van der Waals surface area contributed by atoms with Gasteiger partial charge in [-0.3, -0.25) is 8.56 Å². The zero-order valence-electron chi connectivity index (χ0n) is 26.2. The smallest absolute Gasteiger partial charge is 0.439 e. The van der Waals surface area contributed by atoms with E-state index < -0.39 is 67.4 Å². The Labute approximate surface area is 273 Å². The fraction of sp³-hybridized carbons (Fsp3) is 0.559. The largest absolute Gasteiger partial charge is 0.456 e. The number of sulfonamides is 1. The van der Waals surface area contributed by atoms with Crippen LogP contribution in [0.5, 0.6) is 0 Å². The quantitative estimate of drug-likeness (QED) is 0.248. The maximum atomic E-state index is 15.3. The first-order valence-electron chi connectivity index (χ1n) is 15.7. The first-order chi connectivity index (χ1) is 21.7. The summed E-state index contributed by atoms with van der Waals surface area (Å²) >= 11 is 0. The van der Waals surface area contributed by atoms with Crippen molar-refractivity contribution < 1.29 is 44.5 Å². The van der Waals surface area contributed by atoms with E-state index in [9.17, 15) is 35.7 Å². The first kappa shape index (κ1) is 34.2. The minimum atomic E-state index is -5.95. The van der Waals surface area contributed by atoms with Crippen LogP contribution < -0.4 is 0 Å². The number of ketones is 1. The van der Waals surface area contributed by atoms with Crippen LogP contribution in [-0.2, 0) is 29.6 Å². The predicted octanol–water partition coefficient (Wildman–Crippen LogP) is 8.04. The Morgan fingerprint density at radius 3 is 2.32 bits per heavy atom. The van der Waals surface area contributed by atoms with Gasteiger partial charge in [-0.15, -0.1) is 15.5 Å². The molecule has 1 aromatic carbocycles. The highest BCUT2D eigenvalue weighted by atomic mass is 32.3. The standard InChI is InChI=1S/C34H37F5NO5S2/c1-20-4-8-24(9-5-20)47(44,45)40-46(43)23-12-15-30(2,16-13-23)28-19-31(3)27(14-17-32(31,42)33(35,36)34(37,38)39)26-10-6-21-18-22(41)7-11-25(21)29(26)28/h4-5,8-9,12-13,15,18,26-28,42H,6-7,10-11,14,16-17,19H2,1-3H3/q-1/t26?,27?,28-,30?,31-,32-/m0/s1. The number of rotatable bonds is 5. The molecule has 1 aromatic rings. The molecule has 0 aromatic heterocycles. The summed E-state index contributed by atoms with van der Waals surface area (Å²) in [7, 11) is -6.54. The second-order valence-corrected chi connectivity index (χ2v) is 17.2. The van der Waals surface area contributed by atoms with Crippen LogP contribution in [0, 0.1) is 35.5 Å². The van der Waals surface area contributed by atoms with Crippen molar-refractivity contribution in [2.75, 3.05) is 0 Å². The minimum Gasteiger partial charge on any atom is -0.439 e. The molecule has 5 aliphatic rings. The van der Waals surface area contributed by atoms with Crippen molar-refractivity contribution in [1.29, 1.82) is 0 Å². The van der Waals surface area contributed by atoms with Crippen LogP contribution in [0.15, 0.2) is 78.9 Å². The zero-order chi connectivity index (χ0) is 34.4. The van der Waals surface area contributed by atoms with Gasteiger partial charge in [0.2, 0.25) is 0 Å². The van der Waals surface area contributed by atoms with E-state index in [0.29, 0.717) is 19.3 Å². The maximum absolute atomic E-state index is 15.3. The Morgan fingerprint density at radius 2 is 1.70 bits per heavy atom. The second-order valence-electron chi connectivity index (χ2n) is 14.2. The Hall–Kier alpha value is -2.64. The van der Waals surface area contributed by atoms with Crippen molar-refractivity contribution in [1.82, 2.24) is 0 Å². The summed E-state index contributed by atoms with van der Waals surface area (Å²) in [6, 6.07) is 5.93. The molecular formula is C34H37F5NO5S2-. The highest BCUT2D eigenvalue weighted by Crippen LogP contribution is 2.71. The van der Waals surface area contributed by atoms with Crippen LogP contribution in [-0.4, -0.2) is 37.0 Å². The van der Waals surface area contributed by atoms with Crippen LogP contribution >= 0.6 is 0 Å². The van der Waals surface area contributed by atoms with Crippen molar-refractivity contribution in [3.8, 4) is 0 Å². The molecule has 256 valence electrons. The molecular weight excluding hydrogens is 661 g/mol. The maximum Gasteiger partial charge on any atom is 0.456 e. The number of carbonyl (C=O) groups excluding carboxylic acids is 1. The van der Waals surface area contributed by atoms with E-state index in [0.717, 1.165) is 22.3 Å². The van der Waals surface area contributed by atoms with E-state index in [1.807, 2.05) is 6.92 Å². The topological polar surface area (TPSA) is 101 Å². The Kier molecular flexibility index (Phi) is 8.15. The van der Waals surface area contributed by atoms with Gasteiger partial charge in [-0.05, 0) is 104 Å². The molecule has 6 atom stereocenters. The lowest BCUT2D eigenvalue weighted by Crippen LogP contribution is -2.66. The number of benzene rings is 1. The summed E-state index contributed by atoms with van der Waals surface area (Å²) in [5.41, 5.74) is -2.38. The molecule has 0 saturated heterocycles. The lowest BCUT2D eigenvalue weighted by atomic mass is 9.47. The van der Waals surface area contributed by atoms with Crippen LogP contribution in [0.4, 0.5) is 22.0 Å². The zero-order valence-corrected chi connectivity index (χ0v) is 27.9. The van der Waals surface area contributed by atoms with Gasteiger partial charge in [0.05, 0.1) is 4.90 Å². The molecule has 2 fully saturated rings. The molecule has 3 unspecified atom stereocenters.